The number of carbonyl (C=O) groups is 2. The fourth-order valence-electron chi connectivity index (χ4n) is 1.80. The van der Waals surface area contributed by atoms with Crippen LogP contribution >= 0.6 is 11.6 Å². The second kappa shape index (κ2) is 7.75. The number of hydrogen-bond acceptors (Lipinski definition) is 3. The molecule has 0 saturated heterocycles. The van der Waals surface area contributed by atoms with Crippen molar-refractivity contribution in [3.05, 3.63) is 28.8 Å². The maximum atomic E-state index is 12.1. The first kappa shape index (κ1) is 16.3. The molecule has 1 aromatic rings. The number of carboxylic acid groups (broad SMARTS) is 1. The van der Waals surface area contributed by atoms with Gasteiger partial charge in [0.1, 0.15) is 5.75 Å². The molecule has 6 heteroatoms. The van der Waals surface area contributed by atoms with Crippen molar-refractivity contribution in [1.29, 1.82) is 0 Å². The molecule has 0 fully saturated rings. The standard InChI is InChI=1S/C14H18ClNO4/c1-3-9(6-13(17)18)8-16-14(19)11-7-10(15)4-5-12(11)20-2/h4-5,7,9H,3,6,8H2,1-2H3,(H,16,19)(H,17,18). The fourth-order valence-corrected chi connectivity index (χ4v) is 1.97. The number of halogens is 1. The first-order chi connectivity index (χ1) is 9.47. The largest absolute Gasteiger partial charge is 0.496 e. The van der Waals surface area contributed by atoms with Gasteiger partial charge in [0.2, 0.25) is 0 Å². The summed E-state index contributed by atoms with van der Waals surface area (Å²) in [4.78, 5) is 22.8. The average molecular weight is 300 g/mol. The highest BCUT2D eigenvalue weighted by Crippen LogP contribution is 2.22. The highest BCUT2D eigenvalue weighted by Gasteiger charge is 2.16. The van der Waals surface area contributed by atoms with Crippen LogP contribution in [0.4, 0.5) is 0 Å². The van der Waals surface area contributed by atoms with Gasteiger partial charge >= 0.3 is 5.97 Å². The second-order valence-electron chi connectivity index (χ2n) is 4.43. The van der Waals surface area contributed by atoms with Crippen LogP contribution < -0.4 is 10.1 Å². The molecule has 1 rings (SSSR count). The zero-order valence-electron chi connectivity index (χ0n) is 11.5. The van der Waals surface area contributed by atoms with Gasteiger partial charge in [-0.25, -0.2) is 0 Å². The topological polar surface area (TPSA) is 75.6 Å². The molecule has 1 amide bonds. The van der Waals surface area contributed by atoms with Crippen molar-refractivity contribution in [1.82, 2.24) is 5.32 Å². The Balaban J connectivity index is 2.71. The van der Waals surface area contributed by atoms with Crippen molar-refractivity contribution in [3.63, 3.8) is 0 Å². The summed E-state index contributed by atoms with van der Waals surface area (Å²) in [5, 5.41) is 11.9. The predicted molar refractivity (Wildman–Crippen MR) is 76.4 cm³/mol. The number of benzene rings is 1. The lowest BCUT2D eigenvalue weighted by Crippen LogP contribution is -2.30. The third-order valence-electron chi connectivity index (χ3n) is 3.00. The number of hydrogen-bond donors (Lipinski definition) is 2. The van der Waals surface area contributed by atoms with E-state index >= 15 is 0 Å². The van der Waals surface area contributed by atoms with Crippen LogP contribution in [0.2, 0.25) is 5.02 Å². The summed E-state index contributed by atoms with van der Waals surface area (Å²) < 4.78 is 5.11. The highest BCUT2D eigenvalue weighted by molar-refractivity contribution is 6.31. The summed E-state index contributed by atoms with van der Waals surface area (Å²) in [6, 6.07) is 4.77. The monoisotopic (exact) mass is 299 g/mol. The maximum absolute atomic E-state index is 12.1. The van der Waals surface area contributed by atoms with Crippen LogP contribution in [-0.4, -0.2) is 30.6 Å². The Morgan fingerprint density at radius 2 is 2.15 bits per heavy atom. The molecule has 110 valence electrons. The van der Waals surface area contributed by atoms with E-state index in [0.717, 1.165) is 0 Å². The minimum Gasteiger partial charge on any atom is -0.496 e. The molecular formula is C14H18ClNO4. The van der Waals surface area contributed by atoms with Gasteiger partial charge in [0, 0.05) is 18.0 Å². The molecular weight excluding hydrogens is 282 g/mol. The van der Waals surface area contributed by atoms with Crippen molar-refractivity contribution in [3.8, 4) is 5.75 Å². The van der Waals surface area contributed by atoms with Crippen LogP contribution in [0.1, 0.15) is 30.1 Å². The van der Waals surface area contributed by atoms with E-state index in [4.69, 9.17) is 21.4 Å². The van der Waals surface area contributed by atoms with E-state index in [-0.39, 0.29) is 18.2 Å². The average Bonchev–Trinajstić information content (AvgIpc) is 2.42. The number of amides is 1. The zero-order valence-corrected chi connectivity index (χ0v) is 12.2. The predicted octanol–water partition coefficient (Wildman–Crippen LogP) is 2.58. The maximum Gasteiger partial charge on any atom is 0.303 e. The lowest BCUT2D eigenvalue weighted by atomic mass is 10.0. The Labute approximate surface area is 122 Å². The van der Waals surface area contributed by atoms with Crippen LogP contribution in [-0.2, 0) is 4.79 Å². The number of carbonyl (C=O) groups excluding carboxylic acids is 1. The fraction of sp³-hybridized carbons (Fsp3) is 0.429. The third-order valence-corrected chi connectivity index (χ3v) is 3.23. The first-order valence-corrected chi connectivity index (χ1v) is 6.69. The van der Waals surface area contributed by atoms with Crippen molar-refractivity contribution in [2.45, 2.75) is 19.8 Å². The molecule has 0 aliphatic carbocycles. The number of nitrogens with one attached hydrogen (secondary N) is 1. The molecule has 0 aromatic heterocycles. The van der Waals surface area contributed by atoms with Crippen molar-refractivity contribution in [2.75, 3.05) is 13.7 Å². The highest BCUT2D eigenvalue weighted by atomic mass is 35.5. The summed E-state index contributed by atoms with van der Waals surface area (Å²) >= 11 is 5.86. The smallest absolute Gasteiger partial charge is 0.303 e. The van der Waals surface area contributed by atoms with Gasteiger partial charge in [-0.3, -0.25) is 9.59 Å². The van der Waals surface area contributed by atoms with Crippen molar-refractivity contribution < 1.29 is 19.4 Å². The lowest BCUT2D eigenvalue weighted by molar-refractivity contribution is -0.138. The number of aliphatic carboxylic acids is 1. The molecule has 1 aromatic carbocycles. The molecule has 5 nitrogen and oxygen atoms in total. The van der Waals surface area contributed by atoms with Crippen molar-refractivity contribution in [2.24, 2.45) is 5.92 Å². The number of ether oxygens (including phenoxy) is 1. The Bertz CT molecular complexity index is 490. The number of carboxylic acids is 1. The zero-order chi connectivity index (χ0) is 15.1. The Morgan fingerprint density at radius 3 is 2.70 bits per heavy atom. The Kier molecular flexibility index (Phi) is 6.31. The molecule has 0 saturated carbocycles. The molecule has 1 atom stereocenters. The third kappa shape index (κ3) is 4.74. The summed E-state index contributed by atoms with van der Waals surface area (Å²) in [5.74, 6) is -0.862. The van der Waals surface area contributed by atoms with Gasteiger partial charge in [0.25, 0.3) is 5.91 Å². The van der Waals surface area contributed by atoms with E-state index in [1.165, 1.54) is 13.2 Å². The molecule has 0 radical (unpaired) electrons. The van der Waals surface area contributed by atoms with Gasteiger partial charge in [0.15, 0.2) is 0 Å². The molecule has 0 aliphatic rings. The van der Waals surface area contributed by atoms with E-state index < -0.39 is 5.97 Å². The van der Waals surface area contributed by atoms with Gasteiger partial charge < -0.3 is 15.2 Å². The second-order valence-corrected chi connectivity index (χ2v) is 4.86. The minimum atomic E-state index is -0.869. The molecule has 0 heterocycles. The molecule has 1 unspecified atom stereocenters. The first-order valence-electron chi connectivity index (χ1n) is 6.31. The van der Waals surface area contributed by atoms with Gasteiger partial charge in [-0.15, -0.1) is 0 Å². The van der Waals surface area contributed by atoms with E-state index in [2.05, 4.69) is 5.32 Å². The Hall–Kier alpha value is -1.75. The Morgan fingerprint density at radius 1 is 1.45 bits per heavy atom. The van der Waals surface area contributed by atoms with Crippen LogP contribution in [0.5, 0.6) is 5.75 Å². The molecule has 0 spiro atoms. The van der Waals surface area contributed by atoms with Crippen LogP contribution in [0.15, 0.2) is 18.2 Å². The van der Waals surface area contributed by atoms with Gasteiger partial charge in [-0.05, 0) is 24.1 Å². The van der Waals surface area contributed by atoms with Crippen LogP contribution in [0.25, 0.3) is 0 Å². The van der Waals surface area contributed by atoms with Crippen LogP contribution in [0.3, 0.4) is 0 Å². The minimum absolute atomic E-state index is 0.0312. The lowest BCUT2D eigenvalue weighted by Gasteiger charge is -2.14. The number of methoxy groups -OCH3 is 1. The van der Waals surface area contributed by atoms with E-state index in [1.807, 2.05) is 6.92 Å². The summed E-state index contributed by atoms with van der Waals surface area (Å²) in [6.07, 6.45) is 0.711. The van der Waals surface area contributed by atoms with Gasteiger partial charge in [-0.1, -0.05) is 24.9 Å². The van der Waals surface area contributed by atoms with Gasteiger partial charge in [-0.2, -0.15) is 0 Å². The van der Waals surface area contributed by atoms with E-state index in [9.17, 15) is 9.59 Å². The molecule has 0 aliphatic heterocycles. The number of rotatable bonds is 7. The summed E-state index contributed by atoms with van der Waals surface area (Å²) in [5.41, 5.74) is 0.338. The molecule has 0 bridgehead atoms. The quantitative estimate of drug-likeness (QED) is 0.811. The van der Waals surface area contributed by atoms with E-state index in [1.54, 1.807) is 12.1 Å². The van der Waals surface area contributed by atoms with Crippen LogP contribution in [0, 0.1) is 5.92 Å². The van der Waals surface area contributed by atoms with Crippen molar-refractivity contribution >= 4 is 23.5 Å². The van der Waals surface area contributed by atoms with E-state index in [0.29, 0.717) is 29.3 Å². The molecule has 20 heavy (non-hydrogen) atoms. The summed E-state index contributed by atoms with van der Waals surface area (Å²) in [6.45, 7) is 2.19. The normalized spacial score (nSPS) is 11.8. The molecule has 2 N–H and O–H groups in total. The summed E-state index contributed by atoms with van der Waals surface area (Å²) in [7, 11) is 1.47. The van der Waals surface area contributed by atoms with Gasteiger partial charge in [0.05, 0.1) is 12.7 Å². The SMILES string of the molecule is CCC(CNC(=O)c1cc(Cl)ccc1OC)CC(=O)O.